The molecule has 28 heavy (non-hydrogen) atoms. The van der Waals surface area contributed by atoms with Gasteiger partial charge in [-0.2, -0.15) is 0 Å². The van der Waals surface area contributed by atoms with Gasteiger partial charge in [-0.1, -0.05) is 44.2 Å². The number of benzene rings is 1. The number of morpholine rings is 1. The predicted octanol–water partition coefficient (Wildman–Crippen LogP) is 4.31. The largest absolute Gasteiger partial charge is 0.444 e. The summed E-state index contributed by atoms with van der Waals surface area (Å²) in [6.07, 6.45) is 1.74. The number of likely N-dealkylation sites (tertiary alicyclic amines) is 1. The molecule has 5 nitrogen and oxygen atoms in total. The van der Waals surface area contributed by atoms with E-state index in [1.54, 1.807) is 0 Å². The van der Waals surface area contributed by atoms with E-state index in [2.05, 4.69) is 49.1 Å². The highest BCUT2D eigenvalue weighted by atomic mass is 16.6. The molecule has 0 radical (unpaired) electrons. The van der Waals surface area contributed by atoms with E-state index in [1.807, 2.05) is 25.7 Å². The number of amides is 1. The summed E-state index contributed by atoms with van der Waals surface area (Å²) in [5.41, 5.74) is 0.719. The Balaban J connectivity index is 1.65. The number of nitrogens with zero attached hydrogens (tertiary/aromatic N) is 2. The lowest BCUT2D eigenvalue weighted by Gasteiger charge is -2.51. The lowest BCUT2D eigenvalue weighted by atomic mass is 9.87. The Hall–Kier alpha value is -1.59. The van der Waals surface area contributed by atoms with Crippen LogP contribution in [0.3, 0.4) is 0 Å². The summed E-state index contributed by atoms with van der Waals surface area (Å²) in [7, 11) is 0. The minimum Gasteiger partial charge on any atom is -0.444 e. The molecule has 0 aliphatic carbocycles. The highest BCUT2D eigenvalue weighted by Gasteiger charge is 2.44. The lowest BCUT2D eigenvalue weighted by Crippen LogP contribution is -2.60. The lowest BCUT2D eigenvalue weighted by molar-refractivity contribution is -0.187. The Morgan fingerprint density at radius 1 is 1.21 bits per heavy atom. The maximum Gasteiger partial charge on any atom is 0.410 e. The molecule has 1 aromatic carbocycles. The van der Waals surface area contributed by atoms with Crippen LogP contribution in [0.25, 0.3) is 0 Å². The summed E-state index contributed by atoms with van der Waals surface area (Å²) in [4.78, 5) is 16.8. The van der Waals surface area contributed by atoms with Gasteiger partial charge in [-0.25, -0.2) is 4.79 Å². The second kappa shape index (κ2) is 8.42. The predicted molar refractivity (Wildman–Crippen MR) is 111 cm³/mol. The highest BCUT2D eigenvalue weighted by molar-refractivity contribution is 5.68. The number of carbonyl (C=O) groups is 1. The van der Waals surface area contributed by atoms with E-state index in [0.29, 0.717) is 19.0 Å². The van der Waals surface area contributed by atoms with Crippen LogP contribution in [0.1, 0.15) is 53.0 Å². The van der Waals surface area contributed by atoms with Gasteiger partial charge >= 0.3 is 6.09 Å². The monoisotopic (exact) mass is 388 g/mol. The molecule has 2 aliphatic rings. The van der Waals surface area contributed by atoms with Gasteiger partial charge in [-0.15, -0.1) is 0 Å². The number of hydrogen-bond donors (Lipinski definition) is 0. The first kappa shape index (κ1) is 21.1. The van der Waals surface area contributed by atoms with E-state index in [-0.39, 0.29) is 17.8 Å². The molecule has 2 heterocycles. The maximum absolute atomic E-state index is 12.4. The van der Waals surface area contributed by atoms with E-state index < -0.39 is 5.60 Å². The topological polar surface area (TPSA) is 42.0 Å². The molecule has 0 saturated carbocycles. The molecule has 2 aliphatic heterocycles. The van der Waals surface area contributed by atoms with Gasteiger partial charge in [0, 0.05) is 32.7 Å². The molecule has 1 aromatic rings. The second-order valence-corrected chi connectivity index (χ2v) is 9.71. The molecule has 1 amide bonds. The normalized spacial score (nSPS) is 23.2. The van der Waals surface area contributed by atoms with Crippen molar-refractivity contribution in [3.05, 3.63) is 35.9 Å². The van der Waals surface area contributed by atoms with Gasteiger partial charge in [0.1, 0.15) is 5.60 Å². The first-order chi connectivity index (χ1) is 13.2. The Labute approximate surface area is 170 Å². The zero-order valence-electron chi connectivity index (χ0n) is 18.1. The van der Waals surface area contributed by atoms with Crippen LogP contribution in [0.15, 0.2) is 30.3 Å². The maximum atomic E-state index is 12.4. The summed E-state index contributed by atoms with van der Waals surface area (Å²) in [6.45, 7) is 14.4. The van der Waals surface area contributed by atoms with E-state index in [1.165, 1.54) is 5.56 Å². The molecular weight excluding hydrogens is 352 g/mol. The molecule has 0 N–H and O–H groups in total. The fraction of sp³-hybridized carbons (Fsp3) is 0.696. The fourth-order valence-corrected chi connectivity index (χ4v) is 4.13. The second-order valence-electron chi connectivity index (χ2n) is 9.71. The van der Waals surface area contributed by atoms with Crippen LogP contribution in [0.2, 0.25) is 0 Å². The van der Waals surface area contributed by atoms with Crippen molar-refractivity contribution in [1.29, 1.82) is 0 Å². The minimum absolute atomic E-state index is 0.166. The quantitative estimate of drug-likeness (QED) is 0.774. The van der Waals surface area contributed by atoms with Crippen molar-refractivity contribution in [3.63, 3.8) is 0 Å². The minimum atomic E-state index is -0.456. The van der Waals surface area contributed by atoms with Crippen molar-refractivity contribution in [1.82, 2.24) is 9.80 Å². The van der Waals surface area contributed by atoms with Gasteiger partial charge in [-0.05, 0) is 45.1 Å². The number of piperidine rings is 1. The molecule has 5 heteroatoms. The van der Waals surface area contributed by atoms with E-state index >= 15 is 0 Å². The summed E-state index contributed by atoms with van der Waals surface area (Å²) < 4.78 is 12.2. The van der Waals surface area contributed by atoms with Crippen molar-refractivity contribution in [2.75, 3.05) is 26.2 Å². The standard InChI is InChI=1S/C23H36N2O3/c1-18(2)20-16-24(15-19-9-7-6-8-10-19)17-23(27-20)11-13-25(14-12-23)21(26)28-22(3,4)5/h6-10,18,20H,11-17H2,1-5H3. The number of ether oxygens (including phenoxy) is 2. The Morgan fingerprint density at radius 2 is 1.86 bits per heavy atom. The van der Waals surface area contributed by atoms with Crippen molar-refractivity contribution in [2.45, 2.75) is 71.3 Å². The van der Waals surface area contributed by atoms with Crippen LogP contribution in [0.5, 0.6) is 0 Å². The van der Waals surface area contributed by atoms with Crippen molar-refractivity contribution >= 4 is 6.09 Å². The first-order valence-corrected chi connectivity index (χ1v) is 10.6. The van der Waals surface area contributed by atoms with Crippen LogP contribution in [0, 0.1) is 5.92 Å². The zero-order chi connectivity index (χ0) is 20.4. The van der Waals surface area contributed by atoms with Crippen LogP contribution in [0.4, 0.5) is 4.79 Å². The molecule has 1 spiro atoms. The average Bonchev–Trinajstić information content (AvgIpc) is 2.61. The molecule has 2 fully saturated rings. The fourth-order valence-electron chi connectivity index (χ4n) is 4.13. The van der Waals surface area contributed by atoms with Gasteiger partial charge in [0.2, 0.25) is 0 Å². The summed E-state index contributed by atoms with van der Waals surface area (Å²) >= 11 is 0. The molecule has 2 saturated heterocycles. The smallest absolute Gasteiger partial charge is 0.410 e. The molecule has 1 unspecified atom stereocenters. The molecular formula is C23H36N2O3. The Morgan fingerprint density at radius 3 is 2.43 bits per heavy atom. The van der Waals surface area contributed by atoms with Gasteiger partial charge in [-0.3, -0.25) is 4.90 Å². The third-order valence-corrected chi connectivity index (χ3v) is 5.67. The number of rotatable bonds is 3. The third kappa shape index (κ3) is 5.48. The summed E-state index contributed by atoms with van der Waals surface area (Å²) in [5.74, 6) is 0.472. The molecule has 0 bridgehead atoms. The van der Waals surface area contributed by atoms with Crippen LogP contribution in [-0.2, 0) is 16.0 Å². The van der Waals surface area contributed by atoms with E-state index in [4.69, 9.17) is 9.47 Å². The van der Waals surface area contributed by atoms with E-state index in [9.17, 15) is 4.79 Å². The van der Waals surface area contributed by atoms with Crippen molar-refractivity contribution in [3.8, 4) is 0 Å². The van der Waals surface area contributed by atoms with Crippen LogP contribution in [-0.4, -0.2) is 59.4 Å². The van der Waals surface area contributed by atoms with Crippen molar-refractivity contribution < 1.29 is 14.3 Å². The van der Waals surface area contributed by atoms with Crippen LogP contribution < -0.4 is 0 Å². The van der Waals surface area contributed by atoms with Crippen molar-refractivity contribution in [2.24, 2.45) is 5.92 Å². The number of carbonyl (C=O) groups excluding carboxylic acids is 1. The molecule has 3 rings (SSSR count). The highest BCUT2D eigenvalue weighted by Crippen LogP contribution is 2.35. The van der Waals surface area contributed by atoms with Gasteiger partial charge < -0.3 is 14.4 Å². The van der Waals surface area contributed by atoms with E-state index in [0.717, 1.165) is 32.5 Å². The zero-order valence-corrected chi connectivity index (χ0v) is 18.1. The average molecular weight is 389 g/mol. The third-order valence-electron chi connectivity index (χ3n) is 5.67. The first-order valence-electron chi connectivity index (χ1n) is 10.6. The van der Waals surface area contributed by atoms with Gasteiger partial charge in [0.05, 0.1) is 11.7 Å². The van der Waals surface area contributed by atoms with Crippen LogP contribution >= 0.6 is 0 Å². The summed E-state index contributed by atoms with van der Waals surface area (Å²) in [5, 5.41) is 0. The number of hydrogen-bond acceptors (Lipinski definition) is 4. The Kier molecular flexibility index (Phi) is 6.35. The Bertz CT molecular complexity index is 646. The van der Waals surface area contributed by atoms with Gasteiger partial charge in [0.25, 0.3) is 0 Å². The molecule has 0 aromatic heterocycles. The molecule has 156 valence electrons. The molecule has 1 atom stereocenters. The van der Waals surface area contributed by atoms with Gasteiger partial charge in [0.15, 0.2) is 0 Å². The SMILES string of the molecule is CC(C)C1CN(Cc2ccccc2)CC2(CCN(C(=O)OC(C)(C)C)CC2)O1. The summed E-state index contributed by atoms with van der Waals surface area (Å²) in [6, 6.07) is 10.7.